The second-order valence-corrected chi connectivity index (χ2v) is 6.58. The van der Waals surface area contributed by atoms with E-state index in [2.05, 4.69) is 20.5 Å². The van der Waals surface area contributed by atoms with Crippen LogP contribution in [0.5, 0.6) is 0 Å². The number of nitrogens with one attached hydrogen (secondary N) is 1. The summed E-state index contributed by atoms with van der Waals surface area (Å²) in [6.45, 7) is 4.49. The molecule has 0 saturated carbocycles. The number of aromatic nitrogens is 5. The number of H-pyrrole nitrogens is 1. The predicted octanol–water partition coefficient (Wildman–Crippen LogP) is 0.258. The number of rotatable bonds is 5. The lowest BCUT2D eigenvalue weighted by Crippen LogP contribution is -2.44. The van der Waals surface area contributed by atoms with Crippen LogP contribution in [0, 0.1) is 6.92 Å². The maximum atomic E-state index is 12.1. The highest BCUT2D eigenvalue weighted by atomic mass is 16.7. The minimum Gasteiger partial charge on any atom is -0.462 e. The number of nitrogens with zero attached hydrogens (tertiary/aromatic N) is 4. The van der Waals surface area contributed by atoms with Crippen LogP contribution in [-0.2, 0) is 26.4 Å². The van der Waals surface area contributed by atoms with Crippen molar-refractivity contribution in [1.82, 2.24) is 25.2 Å². The second-order valence-electron chi connectivity index (χ2n) is 6.58. The molecule has 140 valence electrons. The summed E-state index contributed by atoms with van der Waals surface area (Å²) in [4.78, 5) is 12.1. The highest BCUT2D eigenvalue weighted by Crippen LogP contribution is 2.40. The summed E-state index contributed by atoms with van der Waals surface area (Å²) in [6.07, 6.45) is 2.13. The first-order valence-corrected chi connectivity index (χ1v) is 8.62. The van der Waals surface area contributed by atoms with Crippen LogP contribution < -0.4 is 0 Å². The molecule has 3 atom stereocenters. The molecule has 2 aliphatic rings. The van der Waals surface area contributed by atoms with Gasteiger partial charge in [0.25, 0.3) is 0 Å². The van der Waals surface area contributed by atoms with Crippen molar-refractivity contribution in [2.24, 2.45) is 0 Å². The van der Waals surface area contributed by atoms with E-state index in [0.717, 1.165) is 0 Å². The van der Waals surface area contributed by atoms with Crippen LogP contribution in [0.4, 0.5) is 0 Å². The van der Waals surface area contributed by atoms with Gasteiger partial charge in [0.1, 0.15) is 11.3 Å². The fourth-order valence-corrected chi connectivity index (χ4v) is 3.39. The Bertz CT molecular complexity index is 818. The van der Waals surface area contributed by atoms with Gasteiger partial charge in [-0.05, 0) is 26.7 Å². The Hall–Kier alpha value is -2.30. The molecule has 0 aromatic carbocycles. The first-order chi connectivity index (χ1) is 12.5. The van der Waals surface area contributed by atoms with Crippen LogP contribution in [0.2, 0.25) is 0 Å². The van der Waals surface area contributed by atoms with Crippen molar-refractivity contribution in [3.63, 3.8) is 0 Å². The molecule has 2 aliphatic heterocycles. The van der Waals surface area contributed by atoms with Crippen LogP contribution >= 0.6 is 0 Å². The topological polar surface area (TPSA) is 124 Å². The number of hydrogen-bond acceptors (Lipinski definition) is 8. The molecule has 2 fully saturated rings. The minimum atomic E-state index is -1.32. The van der Waals surface area contributed by atoms with E-state index in [9.17, 15) is 9.90 Å². The number of ether oxygens (including phenoxy) is 3. The normalized spacial score (nSPS) is 27.7. The fourth-order valence-electron chi connectivity index (χ4n) is 3.39. The van der Waals surface area contributed by atoms with Gasteiger partial charge in [0.15, 0.2) is 11.9 Å². The molecular weight excluding hydrogens is 342 g/mol. The Morgan fingerprint density at radius 3 is 3.23 bits per heavy atom. The van der Waals surface area contributed by atoms with Crippen molar-refractivity contribution in [3.8, 4) is 0 Å². The number of carbonyl (C=O) groups is 1. The first-order valence-electron chi connectivity index (χ1n) is 8.62. The molecule has 10 nitrogen and oxygen atoms in total. The van der Waals surface area contributed by atoms with Crippen molar-refractivity contribution in [1.29, 1.82) is 0 Å². The van der Waals surface area contributed by atoms with Gasteiger partial charge >= 0.3 is 5.97 Å². The Kier molecular flexibility index (Phi) is 4.25. The summed E-state index contributed by atoms with van der Waals surface area (Å²) in [5.74, 6) is -0.432. The second kappa shape index (κ2) is 6.45. The molecule has 0 spiro atoms. The van der Waals surface area contributed by atoms with E-state index in [1.165, 1.54) is 4.68 Å². The Balaban J connectivity index is 1.56. The van der Waals surface area contributed by atoms with Crippen LogP contribution in [0.1, 0.15) is 47.2 Å². The lowest BCUT2D eigenvalue weighted by Gasteiger charge is -2.34. The summed E-state index contributed by atoms with van der Waals surface area (Å²) in [7, 11) is 0. The highest BCUT2D eigenvalue weighted by Gasteiger charge is 2.51. The number of carbonyl (C=O) groups excluding carboxylic acids is 1. The summed E-state index contributed by atoms with van der Waals surface area (Å²) in [6, 6.07) is 0. The zero-order valence-electron chi connectivity index (χ0n) is 14.6. The van der Waals surface area contributed by atoms with Crippen molar-refractivity contribution in [3.05, 3.63) is 28.8 Å². The van der Waals surface area contributed by atoms with Crippen molar-refractivity contribution in [2.45, 2.75) is 51.2 Å². The van der Waals surface area contributed by atoms with Crippen molar-refractivity contribution >= 4 is 5.97 Å². The molecular formula is C16H21N5O5. The van der Waals surface area contributed by atoms with Crippen LogP contribution in [0.15, 0.2) is 6.20 Å². The molecule has 10 heteroatoms. The standard InChI is InChI=1S/C16H21N5O5/c1-3-24-14(22)13-9(2)17-18-11(13)6-21-7-12(19-20-21)16(23)5-4-10-8-25-15(16)26-10/h7,10,15,23H,3-6,8H2,1-2H3,(H,17,18)/t10-,15+,16?/m0/s1. The third kappa shape index (κ3) is 2.79. The average Bonchev–Trinajstić information content (AvgIpc) is 3.32. The van der Waals surface area contributed by atoms with Gasteiger partial charge < -0.3 is 19.3 Å². The van der Waals surface area contributed by atoms with E-state index in [0.29, 0.717) is 42.1 Å². The van der Waals surface area contributed by atoms with Crippen LogP contribution in [-0.4, -0.2) is 61.9 Å². The van der Waals surface area contributed by atoms with Crippen LogP contribution in [0.25, 0.3) is 0 Å². The maximum absolute atomic E-state index is 12.1. The average molecular weight is 363 g/mol. The van der Waals surface area contributed by atoms with E-state index in [1.54, 1.807) is 20.0 Å². The molecule has 2 bridgehead atoms. The van der Waals surface area contributed by atoms with E-state index in [-0.39, 0.29) is 19.3 Å². The SMILES string of the molecule is CCOC(=O)c1c(Cn2cc(C3(O)CC[C@H]4CO[C@@H]3O4)nn2)n[nH]c1C. The molecule has 4 rings (SSSR count). The summed E-state index contributed by atoms with van der Waals surface area (Å²) in [5.41, 5.74) is 0.583. The molecule has 26 heavy (non-hydrogen) atoms. The molecule has 2 N–H and O–H groups in total. The molecule has 2 aromatic heterocycles. The number of hydrogen-bond donors (Lipinski definition) is 2. The van der Waals surface area contributed by atoms with Crippen molar-refractivity contribution < 1.29 is 24.1 Å². The molecule has 0 aliphatic carbocycles. The number of esters is 1. The Morgan fingerprint density at radius 1 is 1.58 bits per heavy atom. The van der Waals surface area contributed by atoms with E-state index in [4.69, 9.17) is 14.2 Å². The zero-order valence-corrected chi connectivity index (χ0v) is 14.6. The van der Waals surface area contributed by atoms with Gasteiger partial charge in [-0.15, -0.1) is 5.10 Å². The summed E-state index contributed by atoms with van der Waals surface area (Å²) in [5, 5.41) is 26.1. The number of fused-ring (bicyclic) bond motifs is 2. The van der Waals surface area contributed by atoms with Gasteiger partial charge in [-0.1, -0.05) is 5.21 Å². The number of aryl methyl sites for hydroxylation is 1. The maximum Gasteiger partial charge on any atom is 0.341 e. The highest BCUT2D eigenvalue weighted by molar-refractivity contribution is 5.91. The lowest BCUT2D eigenvalue weighted by atomic mass is 9.90. The predicted molar refractivity (Wildman–Crippen MR) is 86.1 cm³/mol. The molecule has 4 heterocycles. The van der Waals surface area contributed by atoms with E-state index in [1.807, 2.05) is 0 Å². The molecule has 0 amide bonds. The largest absolute Gasteiger partial charge is 0.462 e. The molecule has 2 saturated heterocycles. The van der Waals surface area contributed by atoms with Crippen LogP contribution in [0.3, 0.4) is 0 Å². The third-order valence-corrected chi connectivity index (χ3v) is 4.78. The monoisotopic (exact) mass is 363 g/mol. The van der Waals surface area contributed by atoms with E-state index >= 15 is 0 Å². The van der Waals surface area contributed by atoms with Gasteiger partial charge in [-0.3, -0.25) is 5.10 Å². The minimum absolute atomic E-state index is 0.0366. The molecule has 0 radical (unpaired) electrons. The van der Waals surface area contributed by atoms with Crippen molar-refractivity contribution in [2.75, 3.05) is 13.2 Å². The molecule has 1 unspecified atom stereocenters. The van der Waals surface area contributed by atoms with Gasteiger partial charge in [0.05, 0.1) is 37.8 Å². The van der Waals surface area contributed by atoms with Gasteiger partial charge in [0, 0.05) is 5.69 Å². The molecule has 2 aromatic rings. The fraction of sp³-hybridized carbons (Fsp3) is 0.625. The Morgan fingerprint density at radius 2 is 2.42 bits per heavy atom. The summed E-state index contributed by atoms with van der Waals surface area (Å²) >= 11 is 0. The van der Waals surface area contributed by atoms with E-state index < -0.39 is 17.9 Å². The van der Waals surface area contributed by atoms with Gasteiger partial charge in [-0.2, -0.15) is 5.10 Å². The summed E-state index contributed by atoms with van der Waals surface area (Å²) < 4.78 is 17.8. The quantitative estimate of drug-likeness (QED) is 0.725. The lowest BCUT2D eigenvalue weighted by molar-refractivity contribution is -0.219. The number of aromatic amines is 1. The Labute approximate surface area is 149 Å². The third-order valence-electron chi connectivity index (χ3n) is 4.78. The van der Waals surface area contributed by atoms with Gasteiger partial charge in [-0.25, -0.2) is 9.48 Å². The smallest absolute Gasteiger partial charge is 0.341 e. The van der Waals surface area contributed by atoms with Gasteiger partial charge in [0.2, 0.25) is 0 Å². The number of aliphatic hydroxyl groups is 1. The zero-order chi connectivity index (χ0) is 18.3. The first kappa shape index (κ1) is 17.1.